The van der Waals surface area contributed by atoms with Gasteiger partial charge in [-0.15, -0.1) is 0 Å². The highest BCUT2D eigenvalue weighted by atomic mass is 32.2. The average molecular weight is 289 g/mol. The van der Waals surface area contributed by atoms with E-state index >= 15 is 0 Å². The molecule has 0 aliphatic rings. The molecule has 0 fully saturated rings. The van der Waals surface area contributed by atoms with Crippen LogP contribution in [0.25, 0.3) is 0 Å². The molecule has 0 saturated carbocycles. The van der Waals surface area contributed by atoms with Gasteiger partial charge in [-0.25, -0.2) is 4.98 Å². The van der Waals surface area contributed by atoms with Crippen molar-refractivity contribution in [2.75, 3.05) is 0 Å². The molecule has 0 unspecified atom stereocenters. The van der Waals surface area contributed by atoms with Gasteiger partial charge < -0.3 is 4.74 Å². The Morgan fingerprint density at radius 1 is 1.25 bits per heavy atom. The van der Waals surface area contributed by atoms with Crippen molar-refractivity contribution < 1.29 is 8.62 Å². The molecule has 0 aliphatic heterocycles. The van der Waals surface area contributed by atoms with Crippen LogP contribution in [0.2, 0.25) is 0 Å². The SMILES string of the molecule is Cc1ncc(SF)c(Oc2c(C)cc(C#N)cc2C)n1. The number of aryl methyl sites for hydroxylation is 3. The van der Waals surface area contributed by atoms with Crippen LogP contribution in [0.15, 0.2) is 23.2 Å². The first-order chi connectivity index (χ1) is 9.55. The summed E-state index contributed by atoms with van der Waals surface area (Å²) in [5.74, 6) is 1.26. The number of nitriles is 1. The Labute approximate surface area is 120 Å². The third kappa shape index (κ3) is 2.89. The third-order valence-corrected chi connectivity index (χ3v) is 3.16. The first-order valence-corrected chi connectivity index (χ1v) is 6.58. The third-order valence-electron chi connectivity index (χ3n) is 2.71. The van der Waals surface area contributed by atoms with Gasteiger partial charge in [-0.3, -0.25) is 0 Å². The first-order valence-electron chi connectivity index (χ1n) is 5.86. The molecule has 1 aromatic heterocycles. The van der Waals surface area contributed by atoms with E-state index in [4.69, 9.17) is 10.00 Å². The average Bonchev–Trinajstić information content (AvgIpc) is 2.42. The maximum Gasteiger partial charge on any atom is 0.238 e. The molecule has 1 heterocycles. The van der Waals surface area contributed by atoms with Crippen molar-refractivity contribution in [3.8, 4) is 17.7 Å². The van der Waals surface area contributed by atoms with Gasteiger partial charge in [0.15, 0.2) is 0 Å². The highest BCUT2D eigenvalue weighted by molar-refractivity contribution is 7.94. The maximum absolute atomic E-state index is 12.9. The van der Waals surface area contributed by atoms with Crippen LogP contribution in [0.4, 0.5) is 3.89 Å². The molecule has 0 radical (unpaired) electrons. The van der Waals surface area contributed by atoms with Gasteiger partial charge in [0, 0.05) is 0 Å². The van der Waals surface area contributed by atoms with Crippen molar-refractivity contribution in [1.29, 1.82) is 5.26 Å². The van der Waals surface area contributed by atoms with Crippen molar-refractivity contribution in [3.63, 3.8) is 0 Å². The van der Waals surface area contributed by atoms with Crippen molar-refractivity contribution in [2.45, 2.75) is 25.7 Å². The largest absolute Gasteiger partial charge is 0.437 e. The van der Waals surface area contributed by atoms with Crippen LogP contribution in [0, 0.1) is 32.1 Å². The molecule has 2 rings (SSSR count). The molecule has 0 atom stereocenters. The van der Waals surface area contributed by atoms with Gasteiger partial charge in [0.25, 0.3) is 0 Å². The summed E-state index contributed by atoms with van der Waals surface area (Å²) >= 11 is 0.0404. The number of hydrogen-bond acceptors (Lipinski definition) is 5. The minimum Gasteiger partial charge on any atom is -0.437 e. The lowest BCUT2D eigenvalue weighted by Crippen LogP contribution is -1.98. The summed E-state index contributed by atoms with van der Waals surface area (Å²) < 4.78 is 18.6. The number of benzene rings is 1. The van der Waals surface area contributed by atoms with Gasteiger partial charge in [-0.2, -0.15) is 14.1 Å². The number of hydrogen-bond donors (Lipinski definition) is 0. The Hall–Kier alpha value is -2.13. The van der Waals surface area contributed by atoms with Gasteiger partial charge in [0.1, 0.15) is 16.5 Å². The molecule has 20 heavy (non-hydrogen) atoms. The second-order valence-electron chi connectivity index (χ2n) is 4.32. The molecule has 0 aliphatic carbocycles. The number of ether oxygens (including phenoxy) is 1. The van der Waals surface area contributed by atoms with Crippen LogP contribution in [0.3, 0.4) is 0 Å². The van der Waals surface area contributed by atoms with Crippen LogP contribution in [-0.4, -0.2) is 9.97 Å². The van der Waals surface area contributed by atoms with Gasteiger partial charge in [0.05, 0.1) is 30.0 Å². The summed E-state index contributed by atoms with van der Waals surface area (Å²) in [6, 6.07) is 5.53. The van der Waals surface area contributed by atoms with Crippen molar-refractivity contribution in [2.24, 2.45) is 0 Å². The zero-order valence-electron chi connectivity index (χ0n) is 11.3. The Balaban J connectivity index is 2.45. The molecule has 0 spiro atoms. The van der Waals surface area contributed by atoms with E-state index < -0.39 is 0 Å². The van der Waals surface area contributed by atoms with E-state index in [1.54, 1.807) is 19.1 Å². The quantitative estimate of drug-likeness (QED) is 0.853. The monoisotopic (exact) mass is 289 g/mol. The van der Waals surface area contributed by atoms with Crippen LogP contribution < -0.4 is 4.74 Å². The number of halogens is 1. The van der Waals surface area contributed by atoms with Crippen LogP contribution in [0.1, 0.15) is 22.5 Å². The lowest BCUT2D eigenvalue weighted by Gasteiger charge is -2.13. The zero-order chi connectivity index (χ0) is 14.7. The lowest BCUT2D eigenvalue weighted by atomic mass is 10.1. The second kappa shape index (κ2) is 5.88. The van der Waals surface area contributed by atoms with E-state index in [-0.39, 0.29) is 22.9 Å². The Kier molecular flexibility index (Phi) is 4.20. The van der Waals surface area contributed by atoms with Crippen molar-refractivity contribution in [1.82, 2.24) is 9.97 Å². The van der Waals surface area contributed by atoms with E-state index in [1.807, 2.05) is 13.8 Å². The second-order valence-corrected chi connectivity index (χ2v) is 4.91. The highest BCUT2D eigenvalue weighted by Crippen LogP contribution is 2.34. The molecule has 102 valence electrons. The van der Waals surface area contributed by atoms with Crippen LogP contribution >= 0.6 is 12.1 Å². The molecule has 0 bridgehead atoms. The van der Waals surface area contributed by atoms with E-state index in [2.05, 4.69) is 16.0 Å². The van der Waals surface area contributed by atoms with Crippen LogP contribution in [-0.2, 0) is 0 Å². The molecular weight excluding hydrogens is 277 g/mol. The summed E-state index contributed by atoms with van der Waals surface area (Å²) in [6.45, 7) is 5.37. The maximum atomic E-state index is 12.9. The summed E-state index contributed by atoms with van der Waals surface area (Å²) in [5.41, 5.74) is 2.16. The fourth-order valence-electron chi connectivity index (χ4n) is 1.84. The summed E-state index contributed by atoms with van der Waals surface area (Å²) in [6.07, 6.45) is 1.39. The van der Waals surface area contributed by atoms with E-state index in [0.29, 0.717) is 17.1 Å². The minimum absolute atomic E-state index is 0.0404. The summed E-state index contributed by atoms with van der Waals surface area (Å²) in [5, 5.41) is 8.92. The normalized spacial score (nSPS) is 10.2. The van der Waals surface area contributed by atoms with E-state index in [1.165, 1.54) is 6.20 Å². The standard InChI is InChI=1S/C14H12FN3OS/c1-8-4-11(6-16)5-9(2)13(8)19-14-12(20-15)7-17-10(3)18-14/h4-5,7H,1-3H3. The lowest BCUT2D eigenvalue weighted by molar-refractivity contribution is 0.439. The Morgan fingerprint density at radius 3 is 2.45 bits per heavy atom. The molecule has 0 amide bonds. The van der Waals surface area contributed by atoms with Gasteiger partial charge >= 0.3 is 0 Å². The molecular formula is C14H12FN3OS. The number of aromatic nitrogens is 2. The summed E-state index contributed by atoms with van der Waals surface area (Å²) in [7, 11) is 0. The fourth-order valence-corrected chi connectivity index (χ4v) is 2.08. The predicted molar refractivity (Wildman–Crippen MR) is 74.4 cm³/mol. The van der Waals surface area contributed by atoms with Crippen molar-refractivity contribution >= 4 is 12.1 Å². The zero-order valence-corrected chi connectivity index (χ0v) is 12.1. The van der Waals surface area contributed by atoms with Crippen LogP contribution in [0.5, 0.6) is 11.6 Å². The van der Waals surface area contributed by atoms with Crippen molar-refractivity contribution in [3.05, 3.63) is 40.8 Å². The summed E-state index contributed by atoms with van der Waals surface area (Å²) in [4.78, 5) is 8.26. The fraction of sp³-hybridized carbons (Fsp3) is 0.214. The molecule has 6 heteroatoms. The molecule has 0 saturated heterocycles. The van der Waals surface area contributed by atoms with E-state index in [0.717, 1.165) is 11.1 Å². The Morgan fingerprint density at radius 2 is 1.90 bits per heavy atom. The molecule has 0 N–H and O–H groups in total. The van der Waals surface area contributed by atoms with Gasteiger partial charge in [-0.05, 0) is 44.0 Å². The molecule has 2 aromatic rings. The smallest absolute Gasteiger partial charge is 0.238 e. The number of nitrogens with zero attached hydrogens (tertiary/aromatic N) is 3. The van der Waals surface area contributed by atoms with Gasteiger partial charge in [-0.1, -0.05) is 0 Å². The topological polar surface area (TPSA) is 58.8 Å². The molecule has 4 nitrogen and oxygen atoms in total. The van der Waals surface area contributed by atoms with E-state index in [9.17, 15) is 3.89 Å². The predicted octanol–water partition coefficient (Wildman–Crippen LogP) is 4.04. The number of rotatable bonds is 3. The van der Waals surface area contributed by atoms with Gasteiger partial charge in [0.2, 0.25) is 5.88 Å². The first kappa shape index (κ1) is 14.3. The minimum atomic E-state index is 0.0404. The molecule has 1 aromatic carbocycles. The Bertz CT molecular complexity index is 674. The highest BCUT2D eigenvalue weighted by Gasteiger charge is 2.13.